The molecule has 0 radical (unpaired) electrons. The third kappa shape index (κ3) is 2.12. The minimum absolute atomic E-state index is 0.0978. The van der Waals surface area contributed by atoms with Gasteiger partial charge in [-0.25, -0.2) is 4.79 Å². The summed E-state index contributed by atoms with van der Waals surface area (Å²) in [6.45, 7) is 3.01. The molecule has 1 N–H and O–H groups in total. The van der Waals surface area contributed by atoms with E-state index in [0.717, 1.165) is 0 Å². The Bertz CT molecular complexity index is 270. The van der Waals surface area contributed by atoms with Crippen molar-refractivity contribution in [2.45, 2.75) is 6.92 Å². The van der Waals surface area contributed by atoms with Crippen molar-refractivity contribution >= 4 is 5.97 Å². The molecule has 0 spiro atoms. The van der Waals surface area contributed by atoms with Crippen LogP contribution in [0.5, 0.6) is 0 Å². The quantitative estimate of drug-likeness (QED) is 0.367. The zero-order valence-electron chi connectivity index (χ0n) is 7.29. The number of nitriles is 1. The molecule has 0 unspecified atom stereocenters. The normalized spacial score (nSPS) is 18.2. The number of carbonyl (C=O) groups excluding carboxylic acids is 1. The standard InChI is InChI=1S/C8H10N2O3/c1-2-12-8(11)6(5-9)7-10-3-4-13-7/h10H,2-4H2,1H3/b7-6+. The Morgan fingerprint density at radius 3 is 3.08 bits per heavy atom. The van der Waals surface area contributed by atoms with Crippen LogP contribution < -0.4 is 5.32 Å². The second kappa shape index (κ2) is 4.36. The first-order chi connectivity index (χ1) is 6.29. The summed E-state index contributed by atoms with van der Waals surface area (Å²) in [6, 6.07) is 1.75. The van der Waals surface area contributed by atoms with Crippen LogP contribution >= 0.6 is 0 Å². The molecule has 5 heteroatoms. The molecule has 5 nitrogen and oxygen atoms in total. The first-order valence-electron chi connectivity index (χ1n) is 3.97. The molecule has 0 aromatic carbocycles. The number of nitrogens with zero attached hydrogens (tertiary/aromatic N) is 1. The van der Waals surface area contributed by atoms with Gasteiger partial charge in [0.2, 0.25) is 5.88 Å². The van der Waals surface area contributed by atoms with Gasteiger partial charge >= 0.3 is 5.97 Å². The van der Waals surface area contributed by atoms with Crippen LogP contribution in [0, 0.1) is 11.3 Å². The van der Waals surface area contributed by atoms with E-state index >= 15 is 0 Å². The fourth-order valence-corrected chi connectivity index (χ4v) is 0.922. The number of carbonyl (C=O) groups is 1. The Morgan fingerprint density at radius 1 is 1.85 bits per heavy atom. The van der Waals surface area contributed by atoms with Crippen molar-refractivity contribution in [3.8, 4) is 6.07 Å². The van der Waals surface area contributed by atoms with Gasteiger partial charge in [0.1, 0.15) is 12.7 Å². The van der Waals surface area contributed by atoms with E-state index in [1.54, 1.807) is 13.0 Å². The SMILES string of the molecule is CCOC(=O)/C(C#N)=C1\NCCO1. The summed E-state index contributed by atoms with van der Waals surface area (Å²) in [5, 5.41) is 11.4. The van der Waals surface area contributed by atoms with Gasteiger partial charge in [-0.1, -0.05) is 0 Å². The maximum absolute atomic E-state index is 11.1. The Hall–Kier alpha value is -1.70. The first kappa shape index (κ1) is 9.39. The molecule has 1 fully saturated rings. The van der Waals surface area contributed by atoms with E-state index in [4.69, 9.17) is 10.00 Å². The number of hydrogen-bond donors (Lipinski definition) is 1. The minimum Gasteiger partial charge on any atom is -0.476 e. The highest BCUT2D eigenvalue weighted by Gasteiger charge is 2.20. The zero-order chi connectivity index (χ0) is 9.68. The second-order valence-corrected chi connectivity index (χ2v) is 2.31. The summed E-state index contributed by atoms with van der Waals surface area (Å²) in [5.41, 5.74) is -0.0978. The number of ether oxygens (including phenoxy) is 2. The number of rotatable bonds is 2. The Labute approximate surface area is 75.9 Å². The van der Waals surface area contributed by atoms with Crippen LogP contribution in [-0.4, -0.2) is 25.7 Å². The van der Waals surface area contributed by atoms with Crippen molar-refractivity contribution in [2.75, 3.05) is 19.8 Å². The van der Waals surface area contributed by atoms with E-state index in [9.17, 15) is 4.79 Å². The van der Waals surface area contributed by atoms with Gasteiger partial charge in [0.15, 0.2) is 5.57 Å². The predicted octanol–water partition coefficient (Wildman–Crippen LogP) is -0.0955. The van der Waals surface area contributed by atoms with Crippen LogP contribution in [0.25, 0.3) is 0 Å². The van der Waals surface area contributed by atoms with Crippen molar-refractivity contribution in [1.82, 2.24) is 5.32 Å². The minimum atomic E-state index is -0.644. The topological polar surface area (TPSA) is 71.4 Å². The van der Waals surface area contributed by atoms with Crippen LogP contribution in [0.15, 0.2) is 11.5 Å². The second-order valence-electron chi connectivity index (χ2n) is 2.31. The van der Waals surface area contributed by atoms with Crippen molar-refractivity contribution in [3.63, 3.8) is 0 Å². The van der Waals surface area contributed by atoms with Crippen LogP contribution in [0.2, 0.25) is 0 Å². The molecule has 1 aliphatic rings. The summed E-state index contributed by atoms with van der Waals surface area (Å²) in [4.78, 5) is 11.1. The van der Waals surface area contributed by atoms with Gasteiger partial charge in [0.05, 0.1) is 13.2 Å². The Kier molecular flexibility index (Phi) is 3.15. The van der Waals surface area contributed by atoms with E-state index in [1.807, 2.05) is 0 Å². The molecule has 0 aromatic rings. The highest BCUT2D eigenvalue weighted by atomic mass is 16.5. The number of esters is 1. The van der Waals surface area contributed by atoms with Crippen LogP contribution in [0.4, 0.5) is 0 Å². The van der Waals surface area contributed by atoms with Crippen molar-refractivity contribution in [2.24, 2.45) is 0 Å². The smallest absolute Gasteiger partial charge is 0.354 e. The van der Waals surface area contributed by atoms with Gasteiger partial charge in [0, 0.05) is 0 Å². The summed E-state index contributed by atoms with van der Waals surface area (Å²) in [5.74, 6) is -0.421. The third-order valence-corrected chi connectivity index (χ3v) is 1.45. The molecule has 0 aliphatic carbocycles. The molecule has 0 atom stereocenters. The van der Waals surface area contributed by atoms with Gasteiger partial charge in [-0.05, 0) is 6.92 Å². The largest absolute Gasteiger partial charge is 0.476 e. The van der Waals surface area contributed by atoms with E-state index in [1.165, 1.54) is 0 Å². The molecular weight excluding hydrogens is 172 g/mol. The third-order valence-electron chi connectivity index (χ3n) is 1.45. The highest BCUT2D eigenvalue weighted by Crippen LogP contribution is 2.08. The number of nitrogens with one attached hydrogen (secondary N) is 1. The lowest BCUT2D eigenvalue weighted by Gasteiger charge is -2.02. The maximum Gasteiger partial charge on any atom is 0.354 e. The molecule has 13 heavy (non-hydrogen) atoms. The average molecular weight is 182 g/mol. The van der Waals surface area contributed by atoms with Gasteiger partial charge in [-0.15, -0.1) is 0 Å². The van der Waals surface area contributed by atoms with E-state index < -0.39 is 5.97 Å². The van der Waals surface area contributed by atoms with Crippen molar-refractivity contribution < 1.29 is 14.3 Å². The highest BCUT2D eigenvalue weighted by molar-refractivity contribution is 5.93. The van der Waals surface area contributed by atoms with Gasteiger partial charge in [-0.2, -0.15) is 5.26 Å². The van der Waals surface area contributed by atoms with E-state index in [-0.39, 0.29) is 18.1 Å². The molecule has 1 rings (SSSR count). The lowest BCUT2D eigenvalue weighted by molar-refractivity contribution is -0.138. The summed E-state index contributed by atoms with van der Waals surface area (Å²) in [7, 11) is 0. The fraction of sp³-hybridized carbons (Fsp3) is 0.500. The predicted molar refractivity (Wildman–Crippen MR) is 43.2 cm³/mol. The van der Waals surface area contributed by atoms with Crippen LogP contribution in [0.3, 0.4) is 0 Å². The van der Waals surface area contributed by atoms with Crippen molar-refractivity contribution in [3.05, 3.63) is 11.5 Å². The van der Waals surface area contributed by atoms with Crippen molar-refractivity contribution in [1.29, 1.82) is 5.26 Å². The molecule has 1 aliphatic heterocycles. The van der Waals surface area contributed by atoms with Crippen LogP contribution in [-0.2, 0) is 14.3 Å². The Balaban J connectivity index is 2.77. The molecular formula is C8H10N2O3. The summed E-state index contributed by atoms with van der Waals surface area (Å²) >= 11 is 0. The molecule has 1 heterocycles. The van der Waals surface area contributed by atoms with Gasteiger partial charge < -0.3 is 14.8 Å². The van der Waals surface area contributed by atoms with E-state index in [0.29, 0.717) is 13.2 Å². The van der Waals surface area contributed by atoms with E-state index in [2.05, 4.69) is 10.1 Å². The zero-order valence-corrected chi connectivity index (χ0v) is 7.29. The first-order valence-corrected chi connectivity index (χ1v) is 3.97. The Morgan fingerprint density at radius 2 is 2.62 bits per heavy atom. The maximum atomic E-state index is 11.1. The number of hydrogen-bond acceptors (Lipinski definition) is 5. The average Bonchev–Trinajstić information content (AvgIpc) is 2.59. The summed E-state index contributed by atoms with van der Waals surface area (Å²) in [6.07, 6.45) is 0. The van der Waals surface area contributed by atoms with Gasteiger partial charge in [0.25, 0.3) is 0 Å². The van der Waals surface area contributed by atoms with Crippen LogP contribution in [0.1, 0.15) is 6.92 Å². The fourth-order valence-electron chi connectivity index (χ4n) is 0.922. The summed E-state index contributed by atoms with van der Waals surface area (Å²) < 4.78 is 9.69. The molecule has 0 saturated carbocycles. The molecule has 0 amide bonds. The molecule has 0 aromatic heterocycles. The monoisotopic (exact) mass is 182 g/mol. The van der Waals surface area contributed by atoms with Gasteiger partial charge in [-0.3, -0.25) is 0 Å². The lowest BCUT2D eigenvalue weighted by atomic mass is 10.3. The molecule has 0 bridgehead atoms. The molecule has 70 valence electrons. The lowest BCUT2D eigenvalue weighted by Crippen LogP contribution is -2.14. The molecule has 1 saturated heterocycles.